The maximum absolute atomic E-state index is 12.4. The van der Waals surface area contributed by atoms with E-state index in [1.54, 1.807) is 22.0 Å². The Kier molecular flexibility index (Phi) is 3.68. The second kappa shape index (κ2) is 5.61. The highest BCUT2D eigenvalue weighted by Gasteiger charge is 2.19. The van der Waals surface area contributed by atoms with Crippen LogP contribution in [0.1, 0.15) is 18.4 Å². The summed E-state index contributed by atoms with van der Waals surface area (Å²) in [4.78, 5) is 13.4. The van der Waals surface area contributed by atoms with Gasteiger partial charge in [0.25, 0.3) is 5.56 Å². The van der Waals surface area contributed by atoms with Gasteiger partial charge >= 0.3 is 0 Å². The summed E-state index contributed by atoms with van der Waals surface area (Å²) in [5, 5.41) is 11.0. The van der Waals surface area contributed by atoms with Crippen molar-refractivity contribution in [1.29, 1.82) is 5.26 Å². The van der Waals surface area contributed by atoms with E-state index in [1.807, 2.05) is 29.6 Å². The van der Waals surface area contributed by atoms with E-state index in [2.05, 4.69) is 0 Å². The van der Waals surface area contributed by atoms with Crippen LogP contribution in [0.3, 0.4) is 0 Å². The molecule has 5 heteroatoms. The molecule has 1 aliphatic rings. The Morgan fingerprint density at radius 2 is 2.35 bits per heavy atom. The molecule has 102 valence electrons. The third-order valence-electron chi connectivity index (χ3n) is 3.48. The number of ether oxygens (including phenoxy) is 1. The molecule has 1 aliphatic heterocycles. The first-order valence-corrected chi connectivity index (χ1v) is 7.47. The third kappa shape index (κ3) is 2.40. The first-order chi connectivity index (χ1) is 9.79. The van der Waals surface area contributed by atoms with Crippen LogP contribution >= 0.6 is 11.3 Å². The molecule has 0 N–H and O–H groups in total. The summed E-state index contributed by atoms with van der Waals surface area (Å²) in [5.41, 5.74) is 0.816. The fraction of sp³-hybridized carbons (Fsp3) is 0.333. The number of rotatable bonds is 3. The maximum Gasteiger partial charge on any atom is 0.269 e. The van der Waals surface area contributed by atoms with E-state index >= 15 is 0 Å². The second-order valence-electron chi connectivity index (χ2n) is 4.77. The van der Waals surface area contributed by atoms with Gasteiger partial charge in [-0.25, -0.2) is 0 Å². The molecule has 2 aromatic rings. The summed E-state index contributed by atoms with van der Waals surface area (Å²) in [6.45, 7) is 1.27. The monoisotopic (exact) mass is 286 g/mol. The lowest BCUT2D eigenvalue weighted by atomic mass is 10.2. The Bertz CT molecular complexity index is 692. The van der Waals surface area contributed by atoms with Gasteiger partial charge in [-0.3, -0.25) is 4.79 Å². The number of hydrogen-bond donors (Lipinski definition) is 0. The number of nitriles is 1. The van der Waals surface area contributed by atoms with E-state index in [9.17, 15) is 4.79 Å². The normalized spacial score (nSPS) is 18.1. The molecule has 1 atom stereocenters. The predicted octanol–water partition coefficient (Wildman–Crippen LogP) is 2.63. The number of hydrogen-bond acceptors (Lipinski definition) is 4. The lowest BCUT2D eigenvalue weighted by molar-refractivity contribution is 0.0965. The molecule has 0 saturated carbocycles. The number of nitrogens with zero attached hydrogens (tertiary/aromatic N) is 2. The summed E-state index contributed by atoms with van der Waals surface area (Å²) in [6.07, 6.45) is 2.07. The van der Waals surface area contributed by atoms with Gasteiger partial charge in [0.1, 0.15) is 11.6 Å². The summed E-state index contributed by atoms with van der Waals surface area (Å²) < 4.78 is 7.30. The van der Waals surface area contributed by atoms with Gasteiger partial charge in [-0.1, -0.05) is 6.07 Å². The zero-order valence-corrected chi connectivity index (χ0v) is 11.7. The Morgan fingerprint density at radius 3 is 3.00 bits per heavy atom. The van der Waals surface area contributed by atoms with Crippen LogP contribution in [0.25, 0.3) is 10.6 Å². The van der Waals surface area contributed by atoms with Crippen LogP contribution in [0, 0.1) is 11.3 Å². The zero-order valence-electron chi connectivity index (χ0n) is 10.9. The molecule has 4 nitrogen and oxygen atoms in total. The predicted molar refractivity (Wildman–Crippen MR) is 77.7 cm³/mol. The first-order valence-electron chi connectivity index (χ1n) is 6.59. The average Bonchev–Trinajstić information content (AvgIpc) is 3.13. The molecule has 0 aromatic carbocycles. The van der Waals surface area contributed by atoms with Crippen molar-refractivity contribution in [2.75, 3.05) is 6.61 Å². The lowest BCUT2D eigenvalue weighted by Crippen LogP contribution is -2.29. The van der Waals surface area contributed by atoms with Gasteiger partial charge in [0.15, 0.2) is 0 Å². The molecule has 3 heterocycles. The van der Waals surface area contributed by atoms with Crippen molar-refractivity contribution < 1.29 is 4.74 Å². The largest absolute Gasteiger partial charge is 0.376 e. The zero-order chi connectivity index (χ0) is 13.9. The number of thiophene rings is 1. The van der Waals surface area contributed by atoms with Gasteiger partial charge < -0.3 is 9.30 Å². The summed E-state index contributed by atoms with van der Waals surface area (Å²) in [6, 6.07) is 9.35. The van der Waals surface area contributed by atoms with Crippen LogP contribution < -0.4 is 5.56 Å². The molecule has 1 saturated heterocycles. The van der Waals surface area contributed by atoms with Gasteiger partial charge in [-0.05, 0) is 36.4 Å². The molecule has 20 heavy (non-hydrogen) atoms. The van der Waals surface area contributed by atoms with Crippen molar-refractivity contribution in [2.24, 2.45) is 0 Å². The molecule has 0 aliphatic carbocycles. The molecule has 0 radical (unpaired) electrons. The van der Waals surface area contributed by atoms with Crippen LogP contribution in [0.2, 0.25) is 0 Å². The topological polar surface area (TPSA) is 55.0 Å². The highest BCUT2D eigenvalue weighted by Crippen LogP contribution is 2.25. The van der Waals surface area contributed by atoms with Crippen molar-refractivity contribution in [3.8, 4) is 16.6 Å². The summed E-state index contributed by atoms with van der Waals surface area (Å²) in [5.74, 6) is 0. The Balaban J connectivity index is 2.07. The van der Waals surface area contributed by atoms with Gasteiger partial charge in [0, 0.05) is 6.61 Å². The van der Waals surface area contributed by atoms with E-state index in [0.717, 1.165) is 30.0 Å². The van der Waals surface area contributed by atoms with E-state index in [0.29, 0.717) is 6.54 Å². The third-order valence-corrected chi connectivity index (χ3v) is 4.37. The average molecular weight is 286 g/mol. The quantitative estimate of drug-likeness (QED) is 0.871. The van der Waals surface area contributed by atoms with Crippen LogP contribution in [-0.4, -0.2) is 17.3 Å². The maximum atomic E-state index is 12.4. The molecule has 0 spiro atoms. The van der Waals surface area contributed by atoms with E-state index in [1.165, 1.54) is 0 Å². The highest BCUT2D eigenvalue weighted by molar-refractivity contribution is 7.13. The summed E-state index contributed by atoms with van der Waals surface area (Å²) >= 11 is 1.59. The second-order valence-corrected chi connectivity index (χ2v) is 5.72. The van der Waals surface area contributed by atoms with E-state index in [-0.39, 0.29) is 17.2 Å². The Labute approximate surface area is 120 Å². The van der Waals surface area contributed by atoms with Gasteiger partial charge in [-0.2, -0.15) is 5.26 Å². The van der Waals surface area contributed by atoms with Crippen LogP contribution in [-0.2, 0) is 11.3 Å². The fourth-order valence-corrected chi connectivity index (χ4v) is 3.24. The van der Waals surface area contributed by atoms with Gasteiger partial charge in [-0.15, -0.1) is 11.3 Å². The molecular formula is C15H14N2O2S. The molecule has 1 unspecified atom stereocenters. The summed E-state index contributed by atoms with van der Waals surface area (Å²) in [7, 11) is 0. The number of pyridine rings is 1. The fourth-order valence-electron chi connectivity index (χ4n) is 2.48. The van der Waals surface area contributed by atoms with Crippen molar-refractivity contribution >= 4 is 11.3 Å². The lowest BCUT2D eigenvalue weighted by Gasteiger charge is -2.16. The first kappa shape index (κ1) is 13.1. The van der Waals surface area contributed by atoms with Crippen molar-refractivity contribution in [2.45, 2.75) is 25.5 Å². The van der Waals surface area contributed by atoms with Gasteiger partial charge in [0.05, 0.1) is 23.2 Å². The molecule has 0 bridgehead atoms. The van der Waals surface area contributed by atoms with E-state index < -0.39 is 0 Å². The Morgan fingerprint density at radius 1 is 1.45 bits per heavy atom. The minimum absolute atomic E-state index is 0.0698. The van der Waals surface area contributed by atoms with Crippen LogP contribution in [0.5, 0.6) is 0 Å². The molecule has 1 fully saturated rings. The smallest absolute Gasteiger partial charge is 0.269 e. The minimum atomic E-state index is -0.228. The molecule has 2 aromatic heterocycles. The molecule has 3 rings (SSSR count). The Hall–Kier alpha value is -1.90. The van der Waals surface area contributed by atoms with Crippen molar-refractivity contribution in [3.63, 3.8) is 0 Å². The minimum Gasteiger partial charge on any atom is -0.376 e. The van der Waals surface area contributed by atoms with E-state index in [4.69, 9.17) is 10.00 Å². The molecular weight excluding hydrogens is 272 g/mol. The van der Waals surface area contributed by atoms with Gasteiger partial charge in [0.2, 0.25) is 0 Å². The number of aromatic nitrogens is 1. The standard InChI is InChI=1S/C15H14N2O2S/c16-9-11-5-6-13(14-4-2-8-20-14)17(15(11)18)10-12-3-1-7-19-12/h2,4-6,8,12H,1,3,7,10H2. The highest BCUT2D eigenvalue weighted by atomic mass is 32.1. The van der Waals surface area contributed by atoms with Crippen LogP contribution in [0.15, 0.2) is 34.4 Å². The van der Waals surface area contributed by atoms with Crippen molar-refractivity contribution in [1.82, 2.24) is 4.57 Å². The van der Waals surface area contributed by atoms with Crippen LogP contribution in [0.4, 0.5) is 0 Å². The SMILES string of the molecule is N#Cc1ccc(-c2cccs2)n(CC2CCCO2)c1=O. The molecule has 0 amide bonds. The van der Waals surface area contributed by atoms with Crippen molar-refractivity contribution in [3.05, 3.63) is 45.6 Å².